The third kappa shape index (κ3) is 2.72. The molecule has 0 saturated heterocycles. The SMILES string of the molecule is CC(C)c1ccc2cc(-c3nc(Cl)ncc3F)ccc2n1. The van der Waals surface area contributed by atoms with Crippen molar-refractivity contribution in [1.82, 2.24) is 15.0 Å². The van der Waals surface area contributed by atoms with Crippen LogP contribution in [0.2, 0.25) is 5.28 Å². The van der Waals surface area contributed by atoms with Gasteiger partial charge in [0, 0.05) is 16.6 Å². The molecule has 0 fully saturated rings. The van der Waals surface area contributed by atoms with E-state index in [1.165, 1.54) is 0 Å². The Morgan fingerprint density at radius 3 is 2.67 bits per heavy atom. The standard InChI is InChI=1S/C16H13ClFN3/c1-9(2)13-5-3-10-7-11(4-6-14(10)20-13)15-12(18)8-19-16(17)21-15/h3-9H,1-2H3. The van der Waals surface area contributed by atoms with Crippen LogP contribution in [0.4, 0.5) is 4.39 Å². The fourth-order valence-corrected chi connectivity index (χ4v) is 2.29. The molecule has 0 amide bonds. The van der Waals surface area contributed by atoms with Gasteiger partial charge in [0.25, 0.3) is 0 Å². The van der Waals surface area contributed by atoms with Gasteiger partial charge in [-0.05, 0) is 35.7 Å². The molecule has 106 valence electrons. The zero-order chi connectivity index (χ0) is 15.0. The minimum atomic E-state index is -0.495. The van der Waals surface area contributed by atoms with Gasteiger partial charge in [0.05, 0.1) is 11.7 Å². The molecule has 0 N–H and O–H groups in total. The number of benzene rings is 1. The van der Waals surface area contributed by atoms with Crippen molar-refractivity contribution < 1.29 is 4.39 Å². The van der Waals surface area contributed by atoms with Crippen molar-refractivity contribution in [2.75, 3.05) is 0 Å². The lowest BCUT2D eigenvalue weighted by atomic mass is 10.0. The molecular weight excluding hydrogens is 289 g/mol. The molecular formula is C16H13ClFN3. The average molecular weight is 302 g/mol. The van der Waals surface area contributed by atoms with Crippen LogP contribution < -0.4 is 0 Å². The summed E-state index contributed by atoms with van der Waals surface area (Å²) in [4.78, 5) is 12.2. The van der Waals surface area contributed by atoms with Crippen molar-refractivity contribution in [1.29, 1.82) is 0 Å². The van der Waals surface area contributed by atoms with E-state index in [-0.39, 0.29) is 11.0 Å². The van der Waals surface area contributed by atoms with Gasteiger partial charge in [-0.2, -0.15) is 0 Å². The predicted molar refractivity (Wildman–Crippen MR) is 81.8 cm³/mol. The van der Waals surface area contributed by atoms with Gasteiger partial charge in [0.1, 0.15) is 5.69 Å². The molecule has 0 unspecified atom stereocenters. The Hall–Kier alpha value is -2.07. The molecule has 0 radical (unpaired) electrons. The second kappa shape index (κ2) is 5.37. The minimum Gasteiger partial charge on any atom is -0.253 e. The van der Waals surface area contributed by atoms with Gasteiger partial charge in [-0.25, -0.2) is 14.4 Å². The summed E-state index contributed by atoms with van der Waals surface area (Å²) < 4.78 is 13.8. The van der Waals surface area contributed by atoms with Crippen LogP contribution in [0.15, 0.2) is 36.5 Å². The molecule has 5 heteroatoms. The summed E-state index contributed by atoms with van der Waals surface area (Å²) in [6.45, 7) is 4.20. The maximum absolute atomic E-state index is 13.8. The lowest BCUT2D eigenvalue weighted by Crippen LogP contribution is -1.95. The maximum atomic E-state index is 13.8. The molecule has 0 atom stereocenters. The molecule has 0 bridgehead atoms. The van der Waals surface area contributed by atoms with Crippen molar-refractivity contribution in [2.24, 2.45) is 0 Å². The fourth-order valence-electron chi connectivity index (χ4n) is 2.16. The summed E-state index contributed by atoms with van der Waals surface area (Å²) in [5.74, 6) is -0.127. The molecule has 2 aromatic heterocycles. The Labute approximate surface area is 126 Å². The van der Waals surface area contributed by atoms with Crippen LogP contribution in [0.25, 0.3) is 22.2 Å². The van der Waals surface area contributed by atoms with E-state index in [0.717, 1.165) is 22.8 Å². The van der Waals surface area contributed by atoms with Crippen LogP contribution in [0.5, 0.6) is 0 Å². The fraction of sp³-hybridized carbons (Fsp3) is 0.188. The zero-order valence-corrected chi connectivity index (χ0v) is 12.4. The van der Waals surface area contributed by atoms with Crippen LogP contribution in [-0.2, 0) is 0 Å². The Balaban J connectivity index is 2.13. The molecule has 0 saturated carbocycles. The molecule has 3 rings (SSSR count). The molecule has 1 aromatic carbocycles. The zero-order valence-electron chi connectivity index (χ0n) is 11.6. The van der Waals surface area contributed by atoms with Crippen LogP contribution in [-0.4, -0.2) is 15.0 Å². The van der Waals surface area contributed by atoms with Gasteiger partial charge in [0.2, 0.25) is 5.28 Å². The Morgan fingerprint density at radius 1 is 1.10 bits per heavy atom. The largest absolute Gasteiger partial charge is 0.253 e. The number of hydrogen-bond donors (Lipinski definition) is 0. The lowest BCUT2D eigenvalue weighted by molar-refractivity contribution is 0.618. The van der Waals surface area contributed by atoms with Crippen molar-refractivity contribution in [2.45, 2.75) is 19.8 Å². The van der Waals surface area contributed by atoms with Gasteiger partial charge in [0.15, 0.2) is 5.82 Å². The van der Waals surface area contributed by atoms with E-state index in [2.05, 4.69) is 28.8 Å². The summed E-state index contributed by atoms with van der Waals surface area (Å²) in [5.41, 5.74) is 2.77. The number of pyridine rings is 1. The first-order valence-corrected chi connectivity index (χ1v) is 7.01. The normalized spacial score (nSPS) is 11.3. The van der Waals surface area contributed by atoms with Crippen molar-refractivity contribution >= 4 is 22.5 Å². The minimum absolute atomic E-state index is 0.0276. The highest BCUT2D eigenvalue weighted by Gasteiger charge is 2.10. The van der Waals surface area contributed by atoms with Crippen molar-refractivity contribution in [3.8, 4) is 11.3 Å². The maximum Gasteiger partial charge on any atom is 0.223 e. The third-order valence-electron chi connectivity index (χ3n) is 3.29. The van der Waals surface area contributed by atoms with E-state index in [4.69, 9.17) is 11.6 Å². The first-order chi connectivity index (χ1) is 10.0. The van der Waals surface area contributed by atoms with Crippen LogP contribution >= 0.6 is 11.6 Å². The summed E-state index contributed by atoms with van der Waals surface area (Å²) in [7, 11) is 0. The molecule has 0 aliphatic heterocycles. The molecule has 2 heterocycles. The Kier molecular flexibility index (Phi) is 3.55. The molecule has 0 spiro atoms. The smallest absolute Gasteiger partial charge is 0.223 e. The van der Waals surface area contributed by atoms with Crippen LogP contribution in [0.1, 0.15) is 25.5 Å². The average Bonchev–Trinajstić information content (AvgIpc) is 2.48. The highest BCUT2D eigenvalue weighted by atomic mass is 35.5. The Bertz CT molecular complexity index is 818. The van der Waals surface area contributed by atoms with Gasteiger partial charge in [-0.3, -0.25) is 4.98 Å². The number of rotatable bonds is 2. The van der Waals surface area contributed by atoms with Crippen LogP contribution in [0.3, 0.4) is 0 Å². The van der Waals surface area contributed by atoms with Gasteiger partial charge in [-0.1, -0.05) is 26.0 Å². The summed E-state index contributed by atoms with van der Waals surface area (Å²) in [6.07, 6.45) is 1.08. The summed E-state index contributed by atoms with van der Waals surface area (Å²) >= 11 is 5.74. The van der Waals surface area contributed by atoms with Gasteiger partial charge >= 0.3 is 0 Å². The molecule has 0 aliphatic rings. The van der Waals surface area contributed by atoms with E-state index in [1.54, 1.807) is 6.07 Å². The second-order valence-corrected chi connectivity index (χ2v) is 5.47. The number of aromatic nitrogens is 3. The first kappa shape index (κ1) is 13.9. The van der Waals surface area contributed by atoms with E-state index in [0.29, 0.717) is 11.5 Å². The summed E-state index contributed by atoms with van der Waals surface area (Å²) in [6, 6.07) is 9.49. The lowest BCUT2D eigenvalue weighted by Gasteiger charge is -2.08. The highest BCUT2D eigenvalue weighted by Crippen LogP contribution is 2.26. The van der Waals surface area contributed by atoms with Gasteiger partial charge < -0.3 is 0 Å². The first-order valence-electron chi connectivity index (χ1n) is 6.63. The molecule has 3 nitrogen and oxygen atoms in total. The highest BCUT2D eigenvalue weighted by molar-refractivity contribution is 6.28. The van der Waals surface area contributed by atoms with Crippen molar-refractivity contribution in [3.05, 3.63) is 53.3 Å². The third-order valence-corrected chi connectivity index (χ3v) is 3.47. The van der Waals surface area contributed by atoms with E-state index in [9.17, 15) is 4.39 Å². The summed E-state index contributed by atoms with van der Waals surface area (Å²) in [5, 5.41) is 0.964. The molecule has 0 aliphatic carbocycles. The van der Waals surface area contributed by atoms with Crippen LogP contribution in [0, 0.1) is 5.82 Å². The second-order valence-electron chi connectivity index (χ2n) is 5.13. The molecule has 21 heavy (non-hydrogen) atoms. The topological polar surface area (TPSA) is 38.7 Å². The van der Waals surface area contributed by atoms with E-state index in [1.807, 2.05) is 24.3 Å². The van der Waals surface area contributed by atoms with Crippen molar-refractivity contribution in [3.63, 3.8) is 0 Å². The number of hydrogen-bond acceptors (Lipinski definition) is 3. The number of halogens is 2. The van der Waals surface area contributed by atoms with Gasteiger partial charge in [-0.15, -0.1) is 0 Å². The number of nitrogens with zero attached hydrogens (tertiary/aromatic N) is 3. The Morgan fingerprint density at radius 2 is 1.90 bits per heavy atom. The van der Waals surface area contributed by atoms with E-state index < -0.39 is 5.82 Å². The number of fused-ring (bicyclic) bond motifs is 1. The quantitative estimate of drug-likeness (QED) is 0.649. The predicted octanol–water partition coefficient (Wildman–Crippen LogP) is 4.61. The monoisotopic (exact) mass is 301 g/mol. The molecule has 3 aromatic rings. The van der Waals surface area contributed by atoms with E-state index >= 15 is 0 Å².